The van der Waals surface area contributed by atoms with Gasteiger partial charge < -0.3 is 5.32 Å². The molecule has 0 atom stereocenters. The monoisotopic (exact) mass is 291 g/mol. The van der Waals surface area contributed by atoms with Crippen molar-refractivity contribution in [3.05, 3.63) is 70.5 Å². The number of hydrogen-bond donors (Lipinski definition) is 1. The molecule has 4 heteroatoms. The van der Waals surface area contributed by atoms with E-state index in [9.17, 15) is 9.18 Å². The minimum absolute atomic E-state index is 0.292. The van der Waals surface area contributed by atoms with E-state index in [2.05, 4.69) is 5.32 Å². The van der Waals surface area contributed by atoms with Crippen molar-refractivity contribution in [3.63, 3.8) is 0 Å². The lowest BCUT2D eigenvalue weighted by Gasteiger charge is -2.07. The molecular weight excluding hydrogens is 277 g/mol. The fourth-order valence-corrected chi connectivity index (χ4v) is 2.01. The molecule has 0 saturated heterocycles. The highest BCUT2D eigenvalue weighted by molar-refractivity contribution is 6.17. The van der Waals surface area contributed by atoms with Gasteiger partial charge in [-0.05, 0) is 35.7 Å². The molecule has 0 fully saturated rings. The number of aryl methyl sites for hydroxylation is 1. The summed E-state index contributed by atoms with van der Waals surface area (Å²) in [5, 5.41) is 2.76. The van der Waals surface area contributed by atoms with Crippen LogP contribution >= 0.6 is 11.6 Å². The molecule has 0 aliphatic rings. The predicted molar refractivity (Wildman–Crippen MR) is 78.3 cm³/mol. The second-order valence-corrected chi connectivity index (χ2v) is 4.87. The van der Waals surface area contributed by atoms with Crippen LogP contribution in [-0.4, -0.2) is 5.91 Å². The number of nitrogens with one attached hydrogen (secondary N) is 1. The molecule has 2 aromatic rings. The second kappa shape index (κ2) is 6.53. The van der Waals surface area contributed by atoms with Crippen LogP contribution in [0.2, 0.25) is 0 Å². The maximum atomic E-state index is 13.4. The zero-order chi connectivity index (χ0) is 14.5. The summed E-state index contributed by atoms with van der Waals surface area (Å²) in [4.78, 5) is 11.9. The van der Waals surface area contributed by atoms with Gasteiger partial charge in [0, 0.05) is 18.0 Å². The van der Waals surface area contributed by atoms with Gasteiger partial charge in [0.15, 0.2) is 0 Å². The van der Waals surface area contributed by atoms with Gasteiger partial charge in [0.25, 0.3) is 5.91 Å². The summed E-state index contributed by atoms with van der Waals surface area (Å²) in [6.45, 7) is 2.05. The number of benzene rings is 2. The molecule has 0 heterocycles. The summed E-state index contributed by atoms with van der Waals surface area (Å²) in [7, 11) is 0. The van der Waals surface area contributed by atoms with Gasteiger partial charge in [0.05, 0.1) is 0 Å². The fourth-order valence-electron chi connectivity index (χ4n) is 1.84. The van der Waals surface area contributed by atoms with Gasteiger partial charge in [-0.25, -0.2) is 4.39 Å². The molecule has 2 nitrogen and oxygen atoms in total. The molecule has 2 aromatic carbocycles. The molecular formula is C16H15ClFNO. The quantitative estimate of drug-likeness (QED) is 0.853. The molecule has 1 N–H and O–H groups in total. The van der Waals surface area contributed by atoms with E-state index in [1.165, 1.54) is 6.07 Å². The summed E-state index contributed by atoms with van der Waals surface area (Å²) >= 11 is 5.76. The molecule has 0 saturated carbocycles. The highest BCUT2D eigenvalue weighted by Gasteiger charge is 2.07. The number of hydrogen-bond acceptors (Lipinski definition) is 1. The topological polar surface area (TPSA) is 29.1 Å². The SMILES string of the molecule is Cc1ccc(C(=O)NCc2cccc(CCl)c2)cc1F. The number of halogens is 2. The number of amides is 1. The largest absolute Gasteiger partial charge is 0.348 e. The van der Waals surface area contributed by atoms with Crippen molar-refractivity contribution in [1.29, 1.82) is 0 Å². The van der Waals surface area contributed by atoms with Crippen LogP contribution < -0.4 is 5.32 Å². The Bertz CT molecular complexity index is 628. The van der Waals surface area contributed by atoms with Crippen LogP contribution in [0.4, 0.5) is 4.39 Å². The Morgan fingerprint density at radius 3 is 2.65 bits per heavy atom. The van der Waals surface area contributed by atoms with E-state index in [-0.39, 0.29) is 11.7 Å². The van der Waals surface area contributed by atoms with E-state index in [0.29, 0.717) is 23.6 Å². The van der Waals surface area contributed by atoms with E-state index in [1.54, 1.807) is 19.1 Å². The molecule has 0 aliphatic heterocycles. The van der Waals surface area contributed by atoms with Crippen LogP contribution in [-0.2, 0) is 12.4 Å². The maximum absolute atomic E-state index is 13.4. The average molecular weight is 292 g/mol. The Morgan fingerprint density at radius 2 is 1.95 bits per heavy atom. The molecule has 2 rings (SSSR count). The maximum Gasteiger partial charge on any atom is 0.251 e. The van der Waals surface area contributed by atoms with Crippen LogP contribution in [0.25, 0.3) is 0 Å². The standard InChI is InChI=1S/C16H15ClFNO/c1-11-5-6-14(8-15(11)18)16(20)19-10-13-4-2-3-12(7-13)9-17/h2-8H,9-10H2,1H3,(H,19,20). The van der Waals surface area contributed by atoms with Gasteiger partial charge in [-0.1, -0.05) is 30.3 Å². The lowest BCUT2D eigenvalue weighted by Crippen LogP contribution is -2.23. The van der Waals surface area contributed by atoms with Gasteiger partial charge in [-0.2, -0.15) is 0 Å². The van der Waals surface area contributed by atoms with Crippen molar-refractivity contribution >= 4 is 17.5 Å². The predicted octanol–water partition coefficient (Wildman–Crippen LogP) is 3.80. The first-order valence-electron chi connectivity index (χ1n) is 6.28. The molecule has 0 radical (unpaired) electrons. The third-order valence-corrected chi connectivity index (χ3v) is 3.34. The van der Waals surface area contributed by atoms with Crippen LogP contribution in [0.3, 0.4) is 0 Å². The highest BCUT2D eigenvalue weighted by atomic mass is 35.5. The summed E-state index contributed by atoms with van der Waals surface area (Å²) in [6, 6.07) is 12.1. The fraction of sp³-hybridized carbons (Fsp3) is 0.188. The van der Waals surface area contributed by atoms with E-state index in [1.807, 2.05) is 24.3 Å². The molecule has 0 aliphatic carbocycles. The van der Waals surface area contributed by atoms with E-state index in [4.69, 9.17) is 11.6 Å². The van der Waals surface area contributed by atoms with Gasteiger partial charge in [-0.3, -0.25) is 4.79 Å². The van der Waals surface area contributed by atoms with Gasteiger partial charge >= 0.3 is 0 Å². The molecule has 0 spiro atoms. The molecule has 0 unspecified atom stereocenters. The number of carbonyl (C=O) groups is 1. The zero-order valence-electron chi connectivity index (χ0n) is 11.1. The van der Waals surface area contributed by atoms with E-state index < -0.39 is 0 Å². The van der Waals surface area contributed by atoms with Crippen molar-refractivity contribution in [1.82, 2.24) is 5.32 Å². The number of carbonyl (C=O) groups excluding carboxylic acids is 1. The second-order valence-electron chi connectivity index (χ2n) is 4.60. The van der Waals surface area contributed by atoms with Crippen LogP contribution in [0.1, 0.15) is 27.0 Å². The van der Waals surface area contributed by atoms with Crippen LogP contribution in [0, 0.1) is 12.7 Å². The first-order chi connectivity index (χ1) is 9.60. The van der Waals surface area contributed by atoms with Crippen molar-refractivity contribution in [3.8, 4) is 0 Å². The molecule has 1 amide bonds. The van der Waals surface area contributed by atoms with E-state index >= 15 is 0 Å². The van der Waals surface area contributed by atoms with Gasteiger partial charge in [0.2, 0.25) is 0 Å². The Morgan fingerprint density at radius 1 is 1.20 bits per heavy atom. The Kier molecular flexibility index (Phi) is 4.74. The molecule has 0 aromatic heterocycles. The first kappa shape index (κ1) is 14.5. The van der Waals surface area contributed by atoms with Crippen molar-refractivity contribution in [2.24, 2.45) is 0 Å². The van der Waals surface area contributed by atoms with Gasteiger partial charge in [-0.15, -0.1) is 11.6 Å². The summed E-state index contributed by atoms with van der Waals surface area (Å²) in [6.07, 6.45) is 0. The highest BCUT2D eigenvalue weighted by Crippen LogP contribution is 2.10. The zero-order valence-corrected chi connectivity index (χ0v) is 11.9. The van der Waals surface area contributed by atoms with Crippen LogP contribution in [0.5, 0.6) is 0 Å². The van der Waals surface area contributed by atoms with Crippen molar-refractivity contribution in [2.45, 2.75) is 19.3 Å². The summed E-state index contributed by atoms with van der Waals surface area (Å²) < 4.78 is 13.4. The Balaban J connectivity index is 2.02. The third-order valence-electron chi connectivity index (χ3n) is 3.03. The lowest BCUT2D eigenvalue weighted by molar-refractivity contribution is 0.0950. The lowest BCUT2D eigenvalue weighted by atomic mass is 10.1. The Labute approximate surface area is 122 Å². The molecule has 0 bridgehead atoms. The van der Waals surface area contributed by atoms with Crippen molar-refractivity contribution in [2.75, 3.05) is 0 Å². The molecule has 20 heavy (non-hydrogen) atoms. The Hall–Kier alpha value is -1.87. The smallest absolute Gasteiger partial charge is 0.251 e. The summed E-state index contributed by atoms with van der Waals surface area (Å²) in [5.41, 5.74) is 2.81. The van der Waals surface area contributed by atoms with Crippen LogP contribution in [0.15, 0.2) is 42.5 Å². The van der Waals surface area contributed by atoms with Crippen molar-refractivity contribution < 1.29 is 9.18 Å². The number of alkyl halides is 1. The molecule has 104 valence electrons. The number of rotatable bonds is 4. The summed E-state index contributed by atoms with van der Waals surface area (Å²) in [5.74, 6) is -0.229. The van der Waals surface area contributed by atoms with Gasteiger partial charge in [0.1, 0.15) is 5.82 Å². The average Bonchev–Trinajstić information content (AvgIpc) is 2.47. The third kappa shape index (κ3) is 3.58. The minimum Gasteiger partial charge on any atom is -0.348 e. The first-order valence-corrected chi connectivity index (χ1v) is 6.81. The van der Waals surface area contributed by atoms with E-state index in [0.717, 1.165) is 11.1 Å². The normalized spacial score (nSPS) is 10.3. The minimum atomic E-state index is -0.373.